The van der Waals surface area contributed by atoms with Gasteiger partial charge in [0.15, 0.2) is 11.0 Å². The van der Waals surface area contributed by atoms with Crippen molar-refractivity contribution in [1.29, 1.82) is 0 Å². The van der Waals surface area contributed by atoms with Crippen LogP contribution in [-0.2, 0) is 4.79 Å². The molecule has 31 heavy (non-hydrogen) atoms. The lowest BCUT2D eigenvalue weighted by molar-refractivity contribution is -0.113. The zero-order valence-corrected chi connectivity index (χ0v) is 20.4. The van der Waals surface area contributed by atoms with Gasteiger partial charge in [0.25, 0.3) is 0 Å². The van der Waals surface area contributed by atoms with E-state index < -0.39 is 0 Å². The Morgan fingerprint density at radius 3 is 2.42 bits per heavy atom. The Balaban J connectivity index is 1.58. The van der Waals surface area contributed by atoms with Crippen molar-refractivity contribution >= 4 is 55.2 Å². The van der Waals surface area contributed by atoms with E-state index in [1.54, 1.807) is 12.4 Å². The number of amides is 1. The first-order valence-corrected chi connectivity index (χ1v) is 11.9. The summed E-state index contributed by atoms with van der Waals surface area (Å²) in [5, 5.41) is 12.3. The van der Waals surface area contributed by atoms with Crippen LogP contribution in [0.1, 0.15) is 5.56 Å². The number of pyridine rings is 1. The monoisotopic (exact) mass is 557 g/mol. The number of rotatable bonds is 6. The fourth-order valence-electron chi connectivity index (χ4n) is 2.96. The summed E-state index contributed by atoms with van der Waals surface area (Å²) in [5.41, 5.74) is 3.59. The highest BCUT2D eigenvalue weighted by atomic mass is 79.9. The molecule has 156 valence electrons. The van der Waals surface area contributed by atoms with Gasteiger partial charge in [-0.2, -0.15) is 0 Å². The van der Waals surface area contributed by atoms with Crippen molar-refractivity contribution in [2.45, 2.75) is 12.1 Å². The molecule has 1 N–H and O–H groups in total. The number of halogens is 2. The lowest BCUT2D eigenvalue weighted by atomic mass is 10.2. The van der Waals surface area contributed by atoms with E-state index in [0.29, 0.717) is 11.0 Å². The third-order valence-corrected chi connectivity index (χ3v) is 6.40. The second kappa shape index (κ2) is 9.76. The number of aryl methyl sites for hydroxylation is 1. The Kier molecular flexibility index (Phi) is 6.84. The summed E-state index contributed by atoms with van der Waals surface area (Å²) in [7, 11) is 0. The van der Waals surface area contributed by atoms with E-state index in [4.69, 9.17) is 0 Å². The van der Waals surface area contributed by atoms with Crippen molar-refractivity contribution in [3.63, 3.8) is 0 Å². The summed E-state index contributed by atoms with van der Waals surface area (Å²) in [5.74, 6) is 0.795. The molecule has 0 saturated carbocycles. The second-order valence-corrected chi connectivity index (χ2v) is 9.42. The molecule has 2 heterocycles. The number of carbonyl (C=O) groups excluding carboxylic acids is 1. The summed E-state index contributed by atoms with van der Waals surface area (Å²) in [6, 6.07) is 17.4. The Morgan fingerprint density at radius 2 is 1.71 bits per heavy atom. The van der Waals surface area contributed by atoms with Crippen LogP contribution < -0.4 is 5.32 Å². The Morgan fingerprint density at radius 1 is 1.00 bits per heavy atom. The van der Waals surface area contributed by atoms with Gasteiger partial charge in [0, 0.05) is 38.3 Å². The number of aromatic nitrogens is 4. The van der Waals surface area contributed by atoms with Gasteiger partial charge in [-0.15, -0.1) is 10.2 Å². The molecule has 2 aromatic heterocycles. The Labute approximate surface area is 200 Å². The SMILES string of the molecule is Cc1cc(Br)ccc1NC(=O)CSc1nnc(-c2ccncc2)n1-c1ccc(Br)cc1. The van der Waals surface area contributed by atoms with E-state index >= 15 is 0 Å². The highest BCUT2D eigenvalue weighted by Gasteiger charge is 2.17. The molecule has 0 atom stereocenters. The molecule has 9 heteroatoms. The quantitative estimate of drug-likeness (QED) is 0.298. The molecule has 6 nitrogen and oxygen atoms in total. The number of thioether (sulfide) groups is 1. The van der Waals surface area contributed by atoms with Crippen LogP contribution in [0.15, 0.2) is 81.1 Å². The average molecular weight is 559 g/mol. The highest BCUT2D eigenvalue weighted by molar-refractivity contribution is 9.10. The summed E-state index contributed by atoms with van der Waals surface area (Å²) in [4.78, 5) is 16.7. The molecular formula is C22H17Br2N5OS. The van der Waals surface area contributed by atoms with Gasteiger partial charge in [0.05, 0.1) is 5.75 Å². The van der Waals surface area contributed by atoms with Gasteiger partial charge < -0.3 is 5.32 Å². The molecule has 1 amide bonds. The number of benzene rings is 2. The van der Waals surface area contributed by atoms with Gasteiger partial charge in [0.1, 0.15) is 0 Å². The predicted octanol–water partition coefficient (Wildman–Crippen LogP) is 5.89. The minimum Gasteiger partial charge on any atom is -0.325 e. The van der Waals surface area contributed by atoms with Crippen LogP contribution in [0, 0.1) is 6.92 Å². The molecule has 2 aromatic carbocycles. The molecular weight excluding hydrogens is 542 g/mol. The minimum absolute atomic E-state index is 0.105. The number of nitrogens with zero attached hydrogens (tertiary/aromatic N) is 4. The maximum atomic E-state index is 12.6. The molecule has 0 unspecified atom stereocenters. The van der Waals surface area contributed by atoms with Gasteiger partial charge in [0.2, 0.25) is 5.91 Å². The largest absolute Gasteiger partial charge is 0.325 e. The number of anilines is 1. The van der Waals surface area contributed by atoms with Crippen molar-refractivity contribution in [2.75, 3.05) is 11.1 Å². The fourth-order valence-corrected chi connectivity index (χ4v) is 4.45. The van der Waals surface area contributed by atoms with Crippen LogP contribution in [0.25, 0.3) is 17.1 Å². The van der Waals surface area contributed by atoms with Crippen molar-refractivity contribution < 1.29 is 4.79 Å². The molecule has 0 bridgehead atoms. The van der Waals surface area contributed by atoms with Crippen LogP contribution in [0.2, 0.25) is 0 Å². The molecule has 0 aliphatic heterocycles. The number of hydrogen-bond acceptors (Lipinski definition) is 5. The smallest absolute Gasteiger partial charge is 0.234 e. The first kappa shape index (κ1) is 21.7. The minimum atomic E-state index is -0.105. The molecule has 0 saturated heterocycles. The van der Waals surface area contributed by atoms with Gasteiger partial charge in [-0.05, 0) is 67.1 Å². The van der Waals surface area contributed by atoms with Gasteiger partial charge in [-0.1, -0.05) is 43.6 Å². The zero-order valence-electron chi connectivity index (χ0n) is 16.4. The number of carbonyl (C=O) groups is 1. The Bertz CT molecular complexity index is 1210. The van der Waals surface area contributed by atoms with E-state index in [-0.39, 0.29) is 11.7 Å². The third-order valence-electron chi connectivity index (χ3n) is 4.45. The van der Waals surface area contributed by atoms with E-state index in [0.717, 1.165) is 31.4 Å². The van der Waals surface area contributed by atoms with Gasteiger partial charge >= 0.3 is 0 Å². The van der Waals surface area contributed by atoms with E-state index in [1.807, 2.05) is 66.1 Å². The first-order chi connectivity index (χ1) is 15.0. The van der Waals surface area contributed by atoms with Crippen molar-refractivity contribution in [3.05, 3.63) is 81.5 Å². The fraction of sp³-hybridized carbons (Fsp3) is 0.0909. The van der Waals surface area contributed by atoms with E-state index in [2.05, 4.69) is 52.4 Å². The molecule has 0 aliphatic carbocycles. The van der Waals surface area contributed by atoms with Crippen LogP contribution in [0.5, 0.6) is 0 Å². The molecule has 4 rings (SSSR count). The molecule has 0 radical (unpaired) electrons. The third kappa shape index (κ3) is 5.23. The van der Waals surface area contributed by atoms with Crippen molar-refractivity contribution in [3.8, 4) is 17.1 Å². The standard InChI is InChI=1S/C22H17Br2N5OS/c1-14-12-17(24)4-7-19(14)26-20(30)13-31-22-28-27-21(15-8-10-25-11-9-15)29(22)18-5-2-16(23)3-6-18/h2-12H,13H2,1H3,(H,26,30). The highest BCUT2D eigenvalue weighted by Crippen LogP contribution is 2.29. The van der Waals surface area contributed by atoms with Crippen LogP contribution in [0.4, 0.5) is 5.69 Å². The zero-order chi connectivity index (χ0) is 21.8. The van der Waals surface area contributed by atoms with Crippen LogP contribution in [-0.4, -0.2) is 31.4 Å². The summed E-state index contributed by atoms with van der Waals surface area (Å²) in [6.45, 7) is 1.96. The van der Waals surface area contributed by atoms with Crippen LogP contribution in [0.3, 0.4) is 0 Å². The van der Waals surface area contributed by atoms with Crippen molar-refractivity contribution in [2.24, 2.45) is 0 Å². The summed E-state index contributed by atoms with van der Waals surface area (Å²) >= 11 is 8.25. The summed E-state index contributed by atoms with van der Waals surface area (Å²) in [6.07, 6.45) is 3.44. The molecule has 0 spiro atoms. The summed E-state index contributed by atoms with van der Waals surface area (Å²) < 4.78 is 3.90. The molecule has 0 fully saturated rings. The number of hydrogen-bond donors (Lipinski definition) is 1. The van der Waals surface area contributed by atoms with Gasteiger partial charge in [-0.25, -0.2) is 0 Å². The van der Waals surface area contributed by atoms with E-state index in [1.165, 1.54) is 11.8 Å². The molecule has 0 aliphatic rings. The maximum Gasteiger partial charge on any atom is 0.234 e. The van der Waals surface area contributed by atoms with E-state index in [9.17, 15) is 4.79 Å². The van der Waals surface area contributed by atoms with Gasteiger partial charge in [-0.3, -0.25) is 14.3 Å². The second-order valence-electron chi connectivity index (χ2n) is 6.65. The van der Waals surface area contributed by atoms with Crippen molar-refractivity contribution in [1.82, 2.24) is 19.7 Å². The Hall–Kier alpha value is -2.49. The number of nitrogens with one attached hydrogen (secondary N) is 1. The average Bonchev–Trinajstić information content (AvgIpc) is 3.19. The topological polar surface area (TPSA) is 72.7 Å². The lowest BCUT2D eigenvalue weighted by Gasteiger charge is -2.11. The maximum absolute atomic E-state index is 12.6. The molecule has 4 aromatic rings. The first-order valence-electron chi connectivity index (χ1n) is 9.32. The predicted molar refractivity (Wildman–Crippen MR) is 131 cm³/mol. The van der Waals surface area contributed by atoms with Crippen LogP contribution >= 0.6 is 43.6 Å². The normalized spacial score (nSPS) is 10.8. The lowest BCUT2D eigenvalue weighted by Crippen LogP contribution is -2.15.